The maximum Gasteiger partial charge on any atom is 0.0960 e. The fourth-order valence-corrected chi connectivity index (χ4v) is 1.19. The van der Waals surface area contributed by atoms with Crippen molar-refractivity contribution in [1.29, 1.82) is 0 Å². The van der Waals surface area contributed by atoms with Gasteiger partial charge in [-0.3, -0.25) is 0 Å². The first-order valence-electron chi connectivity index (χ1n) is 4.51. The van der Waals surface area contributed by atoms with E-state index < -0.39 is 0 Å². The second-order valence-corrected chi connectivity index (χ2v) is 3.27. The minimum atomic E-state index is 0.430. The van der Waals surface area contributed by atoms with E-state index in [-0.39, 0.29) is 0 Å². The first-order chi connectivity index (χ1) is 6.16. The maximum absolute atomic E-state index is 4.18. The second-order valence-electron chi connectivity index (χ2n) is 3.27. The van der Waals surface area contributed by atoms with Crippen LogP contribution in [0.3, 0.4) is 0 Å². The van der Waals surface area contributed by atoms with Gasteiger partial charge in [-0.15, -0.1) is 0 Å². The zero-order chi connectivity index (χ0) is 9.84. The molecule has 0 spiro atoms. The van der Waals surface area contributed by atoms with Crippen LogP contribution in [0.2, 0.25) is 0 Å². The number of allylic oxidation sites excluding steroid dienone is 2. The van der Waals surface area contributed by atoms with Crippen molar-refractivity contribution < 1.29 is 0 Å². The molecule has 2 heteroatoms. The van der Waals surface area contributed by atoms with Crippen LogP contribution in [0, 0.1) is 0 Å². The highest BCUT2D eigenvalue weighted by atomic mass is 15.1. The average molecular weight is 176 g/mol. The van der Waals surface area contributed by atoms with Gasteiger partial charge in [-0.25, -0.2) is 4.98 Å². The number of hydrogen-bond donors (Lipinski definition) is 0. The van der Waals surface area contributed by atoms with Crippen molar-refractivity contribution in [2.75, 3.05) is 0 Å². The molecule has 0 aliphatic heterocycles. The van der Waals surface area contributed by atoms with Crippen LogP contribution in [-0.4, -0.2) is 9.55 Å². The summed E-state index contributed by atoms with van der Waals surface area (Å²) in [7, 11) is 0. The van der Waals surface area contributed by atoms with Crippen molar-refractivity contribution in [2.45, 2.75) is 26.8 Å². The van der Waals surface area contributed by atoms with Crippen molar-refractivity contribution in [1.82, 2.24) is 9.55 Å². The van der Waals surface area contributed by atoms with E-state index in [1.165, 1.54) is 0 Å². The molecular formula is C11H16N2. The monoisotopic (exact) mass is 176 g/mol. The molecule has 0 amide bonds. The van der Waals surface area contributed by atoms with Gasteiger partial charge >= 0.3 is 0 Å². The lowest BCUT2D eigenvalue weighted by molar-refractivity contribution is 0.585. The summed E-state index contributed by atoms with van der Waals surface area (Å²) in [5.74, 6) is 0. The zero-order valence-corrected chi connectivity index (χ0v) is 8.49. The molecule has 0 saturated carbocycles. The summed E-state index contributed by atoms with van der Waals surface area (Å²) in [6.07, 6.45) is 7.87. The van der Waals surface area contributed by atoms with Crippen LogP contribution in [0.1, 0.15) is 26.8 Å². The lowest BCUT2D eigenvalue weighted by atomic mass is 10.3. The van der Waals surface area contributed by atoms with E-state index in [1.54, 1.807) is 0 Å². The Balaban J connectivity index is 3.32. The third kappa shape index (κ3) is 2.08. The van der Waals surface area contributed by atoms with Gasteiger partial charge in [0.2, 0.25) is 0 Å². The van der Waals surface area contributed by atoms with E-state index in [4.69, 9.17) is 0 Å². The van der Waals surface area contributed by atoms with Gasteiger partial charge in [0.25, 0.3) is 0 Å². The minimum absolute atomic E-state index is 0.430. The Kier molecular flexibility index (Phi) is 3.07. The Bertz CT molecular complexity index is 396. The molecule has 0 N–H and O–H groups in total. The Morgan fingerprint density at radius 3 is 2.77 bits per heavy atom. The smallest absolute Gasteiger partial charge is 0.0960 e. The molecular weight excluding hydrogens is 160 g/mol. The number of nitrogens with zero attached hydrogens (tertiary/aromatic N) is 2. The van der Waals surface area contributed by atoms with Crippen LogP contribution in [0.25, 0.3) is 12.7 Å². The van der Waals surface area contributed by atoms with Crippen molar-refractivity contribution in [3.63, 3.8) is 0 Å². The molecule has 0 aliphatic carbocycles. The molecule has 1 aromatic heterocycles. The Morgan fingerprint density at radius 2 is 2.23 bits per heavy atom. The fourth-order valence-electron chi connectivity index (χ4n) is 1.19. The molecule has 70 valence electrons. The van der Waals surface area contributed by atoms with Crippen LogP contribution in [-0.2, 0) is 0 Å². The number of rotatable bonds is 2. The SMILES string of the molecule is C=c1ncn(C(C)C)/c1=C/C=C\C. The molecule has 0 aromatic carbocycles. The third-order valence-electron chi connectivity index (χ3n) is 1.91. The molecule has 0 bridgehead atoms. The van der Waals surface area contributed by atoms with Gasteiger partial charge in [0.1, 0.15) is 0 Å². The van der Waals surface area contributed by atoms with E-state index in [9.17, 15) is 0 Å². The van der Waals surface area contributed by atoms with Gasteiger partial charge in [-0.05, 0) is 26.8 Å². The fraction of sp³-hybridized carbons (Fsp3) is 0.364. The Hall–Kier alpha value is -1.31. The summed E-state index contributed by atoms with van der Waals surface area (Å²) >= 11 is 0. The second kappa shape index (κ2) is 4.08. The maximum atomic E-state index is 4.18. The predicted molar refractivity (Wildman–Crippen MR) is 56.7 cm³/mol. The van der Waals surface area contributed by atoms with E-state index in [1.807, 2.05) is 31.5 Å². The largest absolute Gasteiger partial charge is 0.328 e. The van der Waals surface area contributed by atoms with Crippen LogP contribution in [0.15, 0.2) is 18.5 Å². The van der Waals surface area contributed by atoms with Crippen molar-refractivity contribution in [2.24, 2.45) is 0 Å². The molecule has 0 atom stereocenters. The quantitative estimate of drug-likeness (QED) is 0.662. The molecule has 0 radical (unpaired) electrons. The van der Waals surface area contributed by atoms with Crippen LogP contribution >= 0.6 is 0 Å². The van der Waals surface area contributed by atoms with Gasteiger partial charge in [0, 0.05) is 6.04 Å². The van der Waals surface area contributed by atoms with Crippen molar-refractivity contribution >= 4 is 12.7 Å². The lowest BCUT2D eigenvalue weighted by Crippen LogP contribution is -2.29. The highest BCUT2D eigenvalue weighted by molar-refractivity contribution is 5.34. The summed E-state index contributed by atoms with van der Waals surface area (Å²) in [6, 6.07) is 0.430. The number of aromatic nitrogens is 2. The molecule has 2 nitrogen and oxygen atoms in total. The summed E-state index contributed by atoms with van der Waals surface area (Å²) in [5, 5.41) is 1.93. The summed E-state index contributed by atoms with van der Waals surface area (Å²) in [4.78, 5) is 4.18. The molecule has 0 aliphatic rings. The molecule has 0 fully saturated rings. The average Bonchev–Trinajstić information content (AvgIpc) is 2.43. The van der Waals surface area contributed by atoms with E-state index >= 15 is 0 Å². The first-order valence-corrected chi connectivity index (χ1v) is 4.51. The summed E-state index contributed by atoms with van der Waals surface area (Å²) in [6.45, 7) is 10.1. The highest BCUT2D eigenvalue weighted by Crippen LogP contribution is 1.95. The molecule has 13 heavy (non-hydrogen) atoms. The zero-order valence-electron chi connectivity index (χ0n) is 8.49. The Morgan fingerprint density at radius 1 is 1.54 bits per heavy atom. The molecule has 1 aromatic rings. The normalized spacial score (nSPS) is 13.4. The van der Waals surface area contributed by atoms with E-state index in [0.29, 0.717) is 6.04 Å². The van der Waals surface area contributed by atoms with Crippen molar-refractivity contribution in [3.05, 3.63) is 29.2 Å². The Labute approximate surface area is 78.9 Å². The third-order valence-corrected chi connectivity index (χ3v) is 1.91. The summed E-state index contributed by atoms with van der Waals surface area (Å²) < 4.78 is 2.11. The van der Waals surface area contributed by atoms with Crippen LogP contribution in [0.5, 0.6) is 0 Å². The van der Waals surface area contributed by atoms with Gasteiger partial charge in [0.05, 0.1) is 17.0 Å². The van der Waals surface area contributed by atoms with E-state index in [0.717, 1.165) is 10.7 Å². The predicted octanol–water partition coefficient (Wildman–Crippen LogP) is 1.23. The van der Waals surface area contributed by atoms with Gasteiger partial charge in [-0.2, -0.15) is 0 Å². The number of imidazole rings is 1. The first kappa shape index (κ1) is 9.78. The molecule has 1 heterocycles. The van der Waals surface area contributed by atoms with Crippen LogP contribution < -0.4 is 10.7 Å². The molecule has 1 rings (SSSR count). The van der Waals surface area contributed by atoms with E-state index in [2.05, 4.69) is 30.0 Å². The highest BCUT2D eigenvalue weighted by Gasteiger charge is 1.98. The van der Waals surface area contributed by atoms with Gasteiger partial charge < -0.3 is 4.57 Å². The van der Waals surface area contributed by atoms with Gasteiger partial charge in [0.15, 0.2) is 0 Å². The van der Waals surface area contributed by atoms with Crippen LogP contribution in [0.4, 0.5) is 0 Å². The minimum Gasteiger partial charge on any atom is -0.328 e. The topological polar surface area (TPSA) is 17.8 Å². The van der Waals surface area contributed by atoms with Gasteiger partial charge in [-0.1, -0.05) is 18.7 Å². The lowest BCUT2D eigenvalue weighted by Gasteiger charge is -2.05. The summed E-state index contributed by atoms with van der Waals surface area (Å²) in [5.41, 5.74) is 0. The molecule has 0 saturated heterocycles. The standard InChI is InChI=1S/C11H16N2/c1-5-6-7-11-10(4)12-8-13(11)9(2)3/h5-9H,4H2,1-3H3/b6-5-,11-7+. The number of hydrogen-bond acceptors (Lipinski definition) is 1. The van der Waals surface area contributed by atoms with Crippen molar-refractivity contribution in [3.8, 4) is 0 Å². The molecule has 0 unspecified atom stereocenters.